The predicted molar refractivity (Wildman–Crippen MR) is 74.2 cm³/mol. The third-order valence-electron chi connectivity index (χ3n) is 2.79. The summed E-state index contributed by atoms with van der Waals surface area (Å²) in [5.74, 6) is 0.412. The molecule has 0 spiro atoms. The number of nitrogens with zero attached hydrogens (tertiary/aromatic N) is 1. The van der Waals surface area contributed by atoms with E-state index in [0.717, 1.165) is 6.42 Å². The summed E-state index contributed by atoms with van der Waals surface area (Å²) in [5, 5.41) is 11.7. The number of nitrogens with one attached hydrogen (secondary N) is 1. The van der Waals surface area contributed by atoms with Crippen LogP contribution in [0.4, 0.5) is 5.82 Å². The van der Waals surface area contributed by atoms with Crippen LogP contribution in [-0.2, 0) is 0 Å². The molecule has 0 aliphatic rings. The first kappa shape index (κ1) is 14.9. The molecule has 1 atom stereocenters. The lowest BCUT2D eigenvalue weighted by Gasteiger charge is -2.14. The van der Waals surface area contributed by atoms with Gasteiger partial charge in [-0.25, -0.2) is 4.98 Å². The summed E-state index contributed by atoms with van der Waals surface area (Å²) in [6, 6.07) is 1.53. The first-order valence-corrected chi connectivity index (χ1v) is 6.67. The highest BCUT2D eigenvalue weighted by Crippen LogP contribution is 2.17. The molecular weight excluding hydrogens is 298 g/mol. The Morgan fingerprint density at radius 2 is 2.39 bits per heavy atom. The van der Waals surface area contributed by atoms with Crippen molar-refractivity contribution in [2.45, 2.75) is 19.8 Å². The van der Waals surface area contributed by atoms with E-state index in [4.69, 9.17) is 10.8 Å². The van der Waals surface area contributed by atoms with Gasteiger partial charge in [0.25, 0.3) is 5.91 Å². The minimum absolute atomic E-state index is 0.139. The molecule has 1 aromatic rings. The summed E-state index contributed by atoms with van der Waals surface area (Å²) < 4.78 is 0.615. The lowest BCUT2D eigenvalue weighted by molar-refractivity contribution is 0.0942. The molecule has 100 valence electrons. The normalized spacial score (nSPS) is 12.2. The number of carbonyl (C=O) groups excluding carboxylic acids is 1. The van der Waals surface area contributed by atoms with Crippen LogP contribution in [0.25, 0.3) is 0 Å². The number of pyridine rings is 1. The quantitative estimate of drug-likeness (QED) is 0.743. The molecule has 0 saturated carbocycles. The monoisotopic (exact) mass is 315 g/mol. The summed E-state index contributed by atoms with van der Waals surface area (Å²) in [6.07, 6.45) is 3.12. The lowest BCUT2D eigenvalue weighted by atomic mass is 10.0. The topological polar surface area (TPSA) is 88.2 Å². The van der Waals surface area contributed by atoms with Crippen molar-refractivity contribution in [1.82, 2.24) is 10.3 Å². The van der Waals surface area contributed by atoms with Gasteiger partial charge in [-0.15, -0.1) is 0 Å². The number of aromatic nitrogens is 1. The second-order valence-corrected chi connectivity index (χ2v) is 4.94. The highest BCUT2D eigenvalue weighted by atomic mass is 79.9. The van der Waals surface area contributed by atoms with Crippen molar-refractivity contribution in [3.8, 4) is 0 Å². The van der Waals surface area contributed by atoms with Crippen LogP contribution in [0.1, 0.15) is 30.1 Å². The van der Waals surface area contributed by atoms with E-state index in [1.54, 1.807) is 0 Å². The van der Waals surface area contributed by atoms with E-state index in [0.29, 0.717) is 28.8 Å². The zero-order valence-corrected chi connectivity index (χ0v) is 11.9. The summed E-state index contributed by atoms with van der Waals surface area (Å²) >= 11 is 3.27. The first-order valence-electron chi connectivity index (χ1n) is 5.88. The molecule has 5 nitrogen and oxygen atoms in total. The first-order chi connectivity index (χ1) is 8.58. The summed E-state index contributed by atoms with van der Waals surface area (Å²) in [7, 11) is 0. The number of carbonyl (C=O) groups is 1. The molecule has 0 fully saturated rings. The molecule has 18 heavy (non-hydrogen) atoms. The van der Waals surface area contributed by atoms with E-state index in [1.165, 1.54) is 12.3 Å². The van der Waals surface area contributed by atoms with Gasteiger partial charge >= 0.3 is 0 Å². The van der Waals surface area contributed by atoms with Crippen LogP contribution < -0.4 is 11.1 Å². The van der Waals surface area contributed by atoms with Crippen molar-refractivity contribution in [1.29, 1.82) is 0 Å². The fourth-order valence-corrected chi connectivity index (χ4v) is 1.99. The Labute approximate surface area is 115 Å². The van der Waals surface area contributed by atoms with Crippen LogP contribution >= 0.6 is 15.9 Å². The molecule has 0 aromatic carbocycles. The molecule has 0 aliphatic heterocycles. The summed E-state index contributed by atoms with van der Waals surface area (Å²) in [4.78, 5) is 15.8. The number of aliphatic hydroxyl groups is 1. The second-order valence-electron chi connectivity index (χ2n) is 4.09. The average Bonchev–Trinajstić information content (AvgIpc) is 2.37. The van der Waals surface area contributed by atoms with Gasteiger partial charge in [-0.05, 0) is 34.3 Å². The number of hydrogen-bond donors (Lipinski definition) is 3. The molecule has 4 N–H and O–H groups in total. The smallest absolute Gasteiger partial charge is 0.252 e. The largest absolute Gasteiger partial charge is 0.396 e. The van der Waals surface area contributed by atoms with Crippen LogP contribution in [0.3, 0.4) is 0 Å². The Kier molecular flexibility index (Phi) is 6.07. The van der Waals surface area contributed by atoms with Gasteiger partial charge in [-0.2, -0.15) is 0 Å². The lowest BCUT2D eigenvalue weighted by Crippen LogP contribution is -2.30. The van der Waals surface area contributed by atoms with Gasteiger partial charge in [0.1, 0.15) is 5.82 Å². The van der Waals surface area contributed by atoms with Crippen molar-refractivity contribution in [2.75, 3.05) is 18.9 Å². The number of rotatable bonds is 6. The fourth-order valence-electron chi connectivity index (χ4n) is 1.59. The molecule has 6 heteroatoms. The minimum atomic E-state index is -0.188. The maximum absolute atomic E-state index is 12.0. The Morgan fingerprint density at radius 1 is 1.67 bits per heavy atom. The van der Waals surface area contributed by atoms with Crippen LogP contribution in [0.2, 0.25) is 0 Å². The number of nitrogens with two attached hydrogens (primary N) is 1. The summed E-state index contributed by atoms with van der Waals surface area (Å²) in [6.45, 7) is 2.72. The molecule has 0 aliphatic carbocycles. The standard InChI is InChI=1S/C12H18BrN3O2/c1-2-8(3-4-17)6-16-12(18)9-5-11(14)15-7-10(9)13/h5,7-8,17H,2-4,6H2,1H3,(H2,14,15)(H,16,18). The van der Waals surface area contributed by atoms with Gasteiger partial charge in [0.05, 0.1) is 5.56 Å². The number of anilines is 1. The van der Waals surface area contributed by atoms with E-state index >= 15 is 0 Å². The SMILES string of the molecule is CCC(CCO)CNC(=O)c1cc(N)ncc1Br. The number of halogens is 1. The average molecular weight is 316 g/mol. The fraction of sp³-hybridized carbons (Fsp3) is 0.500. The number of aliphatic hydroxyl groups excluding tert-OH is 1. The molecule has 0 bridgehead atoms. The van der Waals surface area contributed by atoms with Gasteiger partial charge in [0.15, 0.2) is 0 Å². The third-order valence-corrected chi connectivity index (χ3v) is 3.42. The van der Waals surface area contributed by atoms with Crippen molar-refractivity contribution in [3.05, 3.63) is 22.3 Å². The Hall–Kier alpha value is -1.14. The van der Waals surface area contributed by atoms with E-state index < -0.39 is 0 Å². The maximum Gasteiger partial charge on any atom is 0.252 e. The van der Waals surface area contributed by atoms with E-state index in [2.05, 4.69) is 26.2 Å². The van der Waals surface area contributed by atoms with Crippen LogP contribution in [0.5, 0.6) is 0 Å². The van der Waals surface area contributed by atoms with Gasteiger partial charge in [0.2, 0.25) is 0 Å². The molecule has 1 amide bonds. The Morgan fingerprint density at radius 3 is 3.00 bits per heavy atom. The molecule has 0 saturated heterocycles. The minimum Gasteiger partial charge on any atom is -0.396 e. The highest BCUT2D eigenvalue weighted by molar-refractivity contribution is 9.10. The Bertz CT molecular complexity index is 412. The van der Waals surface area contributed by atoms with Gasteiger partial charge in [-0.1, -0.05) is 13.3 Å². The van der Waals surface area contributed by atoms with Crippen molar-refractivity contribution < 1.29 is 9.90 Å². The molecular formula is C12H18BrN3O2. The van der Waals surface area contributed by atoms with Gasteiger partial charge < -0.3 is 16.2 Å². The number of nitrogen functional groups attached to an aromatic ring is 1. The number of hydrogen-bond acceptors (Lipinski definition) is 4. The van der Waals surface area contributed by atoms with E-state index in [-0.39, 0.29) is 18.4 Å². The van der Waals surface area contributed by atoms with Crippen LogP contribution in [-0.4, -0.2) is 29.1 Å². The maximum atomic E-state index is 12.0. The van der Waals surface area contributed by atoms with Crippen molar-refractivity contribution >= 4 is 27.7 Å². The van der Waals surface area contributed by atoms with Crippen LogP contribution in [0, 0.1) is 5.92 Å². The molecule has 1 unspecified atom stereocenters. The van der Waals surface area contributed by atoms with Crippen molar-refractivity contribution in [2.24, 2.45) is 5.92 Å². The zero-order valence-electron chi connectivity index (χ0n) is 10.3. The molecule has 1 rings (SSSR count). The predicted octanol–water partition coefficient (Wildman–Crippen LogP) is 1.56. The van der Waals surface area contributed by atoms with Gasteiger partial charge in [0, 0.05) is 23.8 Å². The van der Waals surface area contributed by atoms with E-state index in [9.17, 15) is 4.79 Å². The van der Waals surface area contributed by atoms with Crippen LogP contribution in [0.15, 0.2) is 16.7 Å². The highest BCUT2D eigenvalue weighted by Gasteiger charge is 2.13. The molecule has 1 heterocycles. The zero-order chi connectivity index (χ0) is 13.5. The van der Waals surface area contributed by atoms with Crippen molar-refractivity contribution in [3.63, 3.8) is 0 Å². The summed E-state index contributed by atoms with van der Waals surface area (Å²) in [5.41, 5.74) is 6.02. The second kappa shape index (κ2) is 7.33. The Balaban J connectivity index is 2.62. The van der Waals surface area contributed by atoms with Gasteiger partial charge in [-0.3, -0.25) is 4.79 Å². The molecule has 1 aromatic heterocycles. The molecule has 0 radical (unpaired) electrons. The van der Waals surface area contributed by atoms with E-state index in [1.807, 2.05) is 6.92 Å². The number of amides is 1. The third kappa shape index (κ3) is 4.27.